The van der Waals surface area contributed by atoms with E-state index in [1.807, 2.05) is 6.92 Å². The van der Waals surface area contributed by atoms with Gasteiger partial charge in [-0.25, -0.2) is 9.24 Å². The molecule has 0 bridgehead atoms. The Balaban J connectivity index is -0.000000727. The lowest BCUT2D eigenvalue weighted by Crippen LogP contribution is -2.45. The normalized spacial score (nSPS) is 14.9. The molecule has 6 atom stereocenters. The van der Waals surface area contributed by atoms with Crippen molar-refractivity contribution in [3.05, 3.63) is 25.3 Å². The molecule has 306 valence electrons. The lowest BCUT2D eigenvalue weighted by Gasteiger charge is -2.35. The van der Waals surface area contributed by atoms with Crippen LogP contribution in [0.1, 0.15) is 95.9 Å². The summed E-state index contributed by atoms with van der Waals surface area (Å²) in [7, 11) is -4.74. The topological polar surface area (TPSA) is 197 Å². The number of carbonyl (C=O) groups excluding carboxylic acids is 4. The summed E-state index contributed by atoms with van der Waals surface area (Å²) < 4.78 is 51.5. The third kappa shape index (κ3) is 29.2. The molecule has 0 aromatic rings. The minimum atomic E-state index is -3.79. The summed E-state index contributed by atoms with van der Waals surface area (Å²) in [4.78, 5) is 43.5. The number of carbonyl (C=O) groups is 4. The van der Waals surface area contributed by atoms with Crippen LogP contribution < -0.4 is 10.6 Å². The number of hydrogen-bond donors (Lipinski definition) is 3. The van der Waals surface area contributed by atoms with E-state index in [1.54, 1.807) is 19.9 Å². The molecule has 0 spiro atoms. The first kappa shape index (κ1) is 54.1. The Labute approximate surface area is 313 Å². The number of ether oxygens (including phenoxy) is 2. The van der Waals surface area contributed by atoms with Crippen LogP contribution in [0.3, 0.4) is 0 Å². The predicted molar refractivity (Wildman–Crippen MR) is 202 cm³/mol. The summed E-state index contributed by atoms with van der Waals surface area (Å²) in [5.74, 6) is -1.54. The van der Waals surface area contributed by atoms with Gasteiger partial charge in [-0.05, 0) is 54.4 Å². The molecule has 0 fully saturated rings. The first-order chi connectivity index (χ1) is 24.2. The number of esters is 2. The summed E-state index contributed by atoms with van der Waals surface area (Å²) in [5.41, 5.74) is 0. The van der Waals surface area contributed by atoms with Crippen LogP contribution in [0.4, 0.5) is 0 Å². The van der Waals surface area contributed by atoms with E-state index in [0.29, 0.717) is 25.1 Å². The predicted octanol–water partition coefficient (Wildman–Crippen LogP) is 5.59. The van der Waals surface area contributed by atoms with Crippen molar-refractivity contribution >= 4 is 40.1 Å². The fourth-order valence-electron chi connectivity index (χ4n) is 3.88. The number of phosphoric acid groups is 1. The molecule has 0 saturated heterocycles. The SMILES string of the molecule is C=CCOP(=O)(OCCC)OCC(NC(C)=O)C(C)OC(C)=O.C=CCOP(OCCC)N(C(C)C)C(C)C.CC(=O)NC(CO)C(C)OC(C)=O. The van der Waals surface area contributed by atoms with Gasteiger partial charge in [-0.3, -0.25) is 32.7 Å². The first-order valence-corrected chi connectivity index (χ1v) is 19.9. The molecule has 2 amide bonds. The van der Waals surface area contributed by atoms with Gasteiger partial charge < -0.3 is 34.3 Å². The summed E-state index contributed by atoms with van der Waals surface area (Å²) in [6.07, 6.45) is 3.63. The van der Waals surface area contributed by atoms with Crippen LogP contribution in [0, 0.1) is 0 Å². The number of hydrogen-bond acceptors (Lipinski definition) is 14. The number of rotatable bonds is 25. The maximum atomic E-state index is 12.4. The first-order valence-electron chi connectivity index (χ1n) is 17.3. The fraction of sp³-hybridized carbons (Fsp3) is 0.765. The van der Waals surface area contributed by atoms with E-state index in [1.165, 1.54) is 33.8 Å². The molecule has 0 aromatic heterocycles. The number of aliphatic hydroxyl groups is 1. The quantitative estimate of drug-likeness (QED) is 0.0588. The Bertz CT molecular complexity index is 1060. The molecular weight excluding hydrogens is 720 g/mol. The molecule has 16 nitrogen and oxygen atoms in total. The third-order valence-electron chi connectivity index (χ3n) is 5.98. The summed E-state index contributed by atoms with van der Waals surface area (Å²) in [6, 6.07) is -0.385. The zero-order valence-corrected chi connectivity index (χ0v) is 35.2. The van der Waals surface area contributed by atoms with Crippen LogP contribution in [0.5, 0.6) is 0 Å². The van der Waals surface area contributed by atoms with E-state index >= 15 is 0 Å². The third-order valence-corrected chi connectivity index (χ3v) is 9.49. The van der Waals surface area contributed by atoms with Crippen molar-refractivity contribution in [2.24, 2.45) is 0 Å². The van der Waals surface area contributed by atoms with Crippen molar-refractivity contribution in [3.63, 3.8) is 0 Å². The van der Waals surface area contributed by atoms with E-state index < -0.39 is 52.6 Å². The summed E-state index contributed by atoms with van der Waals surface area (Å²) in [6.45, 7) is 29.2. The van der Waals surface area contributed by atoms with Crippen molar-refractivity contribution in [1.82, 2.24) is 15.3 Å². The molecule has 6 unspecified atom stereocenters. The van der Waals surface area contributed by atoms with Gasteiger partial charge in [0.2, 0.25) is 11.8 Å². The zero-order valence-electron chi connectivity index (χ0n) is 33.4. The van der Waals surface area contributed by atoms with Crippen LogP contribution in [-0.2, 0) is 55.8 Å². The van der Waals surface area contributed by atoms with Crippen molar-refractivity contribution < 1.29 is 60.9 Å². The Hall–Kier alpha value is -2.26. The molecule has 0 rings (SSSR count). The maximum Gasteiger partial charge on any atom is 0.475 e. The molecule has 0 heterocycles. The van der Waals surface area contributed by atoms with Gasteiger partial charge in [-0.2, -0.15) is 0 Å². The summed E-state index contributed by atoms with van der Waals surface area (Å²) >= 11 is 0. The molecule has 52 heavy (non-hydrogen) atoms. The van der Waals surface area contributed by atoms with Crippen molar-refractivity contribution in [3.8, 4) is 0 Å². The van der Waals surface area contributed by atoms with Crippen molar-refractivity contribution in [1.29, 1.82) is 0 Å². The molecule has 0 aliphatic heterocycles. The number of amides is 2. The van der Waals surface area contributed by atoms with Gasteiger partial charge in [0.05, 0.1) is 51.7 Å². The lowest BCUT2D eigenvalue weighted by atomic mass is 10.2. The molecule has 0 aliphatic rings. The number of aliphatic hydroxyl groups excluding tert-OH is 1. The van der Waals surface area contributed by atoms with E-state index in [9.17, 15) is 23.7 Å². The number of nitrogens with one attached hydrogen (secondary N) is 2. The van der Waals surface area contributed by atoms with Gasteiger partial charge >= 0.3 is 19.8 Å². The zero-order chi connectivity index (χ0) is 40.9. The molecule has 0 saturated carbocycles. The van der Waals surface area contributed by atoms with Gasteiger partial charge in [-0.1, -0.05) is 26.0 Å². The monoisotopic (exact) mass is 787 g/mol. The second-order valence-corrected chi connectivity index (χ2v) is 14.9. The molecule has 3 N–H and O–H groups in total. The minimum absolute atomic E-state index is 0.00864. The largest absolute Gasteiger partial charge is 0.475 e. The number of nitrogens with zero attached hydrogens (tertiary/aromatic N) is 1. The van der Waals surface area contributed by atoms with Crippen LogP contribution >= 0.6 is 16.3 Å². The van der Waals surface area contributed by atoms with E-state index in [2.05, 4.69) is 63.1 Å². The average Bonchev–Trinajstić information content (AvgIpc) is 3.04. The Morgan fingerprint density at radius 2 is 1.19 bits per heavy atom. The highest BCUT2D eigenvalue weighted by Crippen LogP contribution is 2.49. The van der Waals surface area contributed by atoms with Crippen LogP contribution in [0.15, 0.2) is 25.3 Å². The number of phosphoric ester groups is 1. The molecular formula is C34H67N3O13P2. The fourth-order valence-corrected chi connectivity index (χ4v) is 6.80. The second-order valence-electron chi connectivity index (χ2n) is 11.8. The van der Waals surface area contributed by atoms with Crippen LogP contribution in [0.25, 0.3) is 0 Å². The van der Waals surface area contributed by atoms with Gasteiger partial charge in [0.25, 0.3) is 8.53 Å². The van der Waals surface area contributed by atoms with E-state index in [-0.39, 0.29) is 38.2 Å². The molecule has 0 aliphatic carbocycles. The van der Waals surface area contributed by atoms with Crippen LogP contribution in [-0.4, -0.2) is 110 Å². The summed E-state index contributed by atoms with van der Waals surface area (Å²) in [5, 5.41) is 13.9. The highest BCUT2D eigenvalue weighted by atomic mass is 31.2. The van der Waals surface area contributed by atoms with E-state index in [0.717, 1.165) is 13.0 Å². The van der Waals surface area contributed by atoms with Gasteiger partial charge in [0.1, 0.15) is 12.2 Å². The van der Waals surface area contributed by atoms with Crippen molar-refractivity contribution in [2.45, 2.75) is 132 Å². The van der Waals surface area contributed by atoms with Gasteiger partial charge in [-0.15, -0.1) is 13.2 Å². The Morgan fingerprint density at radius 3 is 1.58 bits per heavy atom. The minimum Gasteiger partial charge on any atom is -0.461 e. The second kappa shape index (κ2) is 32.2. The highest BCUT2D eigenvalue weighted by molar-refractivity contribution is 7.48. The standard InChI is InChI=1S/C14H26NO7P.C12H26NO2P.C8H15NO4/c1-6-8-19-23(18,20-9-7-2)21-10-14(15-12(4)16)11(3)22-13(5)17;1-7-9-14-16(15-10-8-2)13(11(3)4)12(5)6;1-5(13-7(3)12)8(4-10)9-6(2)11/h6,11,14H,1,7-10H2,2-5H3,(H,15,16);7,11-12H,1,8-10H2,2-6H3;5,8,10H,4H2,1-3H3,(H,9,11). The van der Waals surface area contributed by atoms with Gasteiger partial charge in [0.15, 0.2) is 0 Å². The smallest absolute Gasteiger partial charge is 0.461 e. The lowest BCUT2D eigenvalue weighted by molar-refractivity contribution is -0.149. The van der Waals surface area contributed by atoms with Crippen molar-refractivity contribution in [2.75, 3.05) is 39.6 Å². The van der Waals surface area contributed by atoms with Crippen LogP contribution in [0.2, 0.25) is 0 Å². The Kier molecular flexibility index (Phi) is 33.5. The Morgan fingerprint density at radius 1 is 0.731 bits per heavy atom. The average molecular weight is 788 g/mol. The molecule has 0 aromatic carbocycles. The van der Waals surface area contributed by atoms with Gasteiger partial charge in [0, 0.05) is 39.8 Å². The molecule has 0 radical (unpaired) electrons. The molecule has 18 heteroatoms. The van der Waals surface area contributed by atoms with E-state index in [4.69, 9.17) is 37.2 Å². The maximum absolute atomic E-state index is 12.4. The highest BCUT2D eigenvalue weighted by Gasteiger charge is 2.31.